The van der Waals surface area contributed by atoms with Crippen molar-refractivity contribution >= 4 is 15.8 Å². The van der Waals surface area contributed by atoms with Gasteiger partial charge in [-0.3, -0.25) is 9.89 Å². The Hall–Kier alpha value is -2.17. The Morgan fingerprint density at radius 2 is 1.96 bits per heavy atom. The van der Waals surface area contributed by atoms with E-state index in [9.17, 15) is 27.1 Å². The van der Waals surface area contributed by atoms with E-state index in [1.54, 1.807) is 19.1 Å². The minimum atomic E-state index is -4.24. The van der Waals surface area contributed by atoms with Gasteiger partial charge in [0.05, 0.1) is 23.2 Å². The van der Waals surface area contributed by atoms with Crippen molar-refractivity contribution in [3.05, 3.63) is 47.8 Å². The monoisotopic (exact) mass is 373 g/mol. The quantitative estimate of drug-likeness (QED) is 0.677. The summed E-state index contributed by atoms with van der Waals surface area (Å²) in [6.07, 6.45) is -2.89. The molecule has 0 bridgehead atoms. The van der Waals surface area contributed by atoms with Crippen LogP contribution in [0.3, 0.4) is 0 Å². The molecule has 0 aliphatic heterocycles. The maximum absolute atomic E-state index is 12.7. The van der Waals surface area contributed by atoms with Gasteiger partial charge in [0.1, 0.15) is 6.10 Å². The molecule has 0 fully saturated rings. The first kappa shape index (κ1) is 19.2. The van der Waals surface area contributed by atoms with Crippen LogP contribution in [0.4, 0.5) is 8.78 Å². The second-order valence-electron chi connectivity index (χ2n) is 5.42. The van der Waals surface area contributed by atoms with E-state index in [0.29, 0.717) is 4.31 Å². The number of aliphatic hydroxyl groups is 1. The number of aromatic nitrogens is 2. The third-order valence-electron chi connectivity index (χ3n) is 3.48. The number of aromatic amines is 1. The molecule has 1 aromatic heterocycles. The topological polar surface area (TPSA) is 103 Å². The lowest BCUT2D eigenvalue weighted by atomic mass is 10.2. The first-order valence-corrected chi connectivity index (χ1v) is 8.71. The van der Waals surface area contributed by atoms with Crippen LogP contribution < -0.4 is 0 Å². The fourth-order valence-corrected chi connectivity index (χ4v) is 3.46. The number of alkyl halides is 2. The number of H-pyrrole nitrogens is 1. The second kappa shape index (κ2) is 7.81. The van der Waals surface area contributed by atoms with Gasteiger partial charge in [0, 0.05) is 12.7 Å². The van der Waals surface area contributed by atoms with Crippen LogP contribution in [0.1, 0.15) is 15.9 Å². The largest absolute Gasteiger partial charge is 0.386 e. The number of sulfonamides is 1. The SMILES string of the molecule is Cc1ccc(S(=O)(=O)N(CC(=O)c2cn[nH]c2)CC(O)C(F)F)cc1. The average molecular weight is 373 g/mol. The second-order valence-corrected chi connectivity index (χ2v) is 7.36. The van der Waals surface area contributed by atoms with Crippen molar-refractivity contribution in [3.63, 3.8) is 0 Å². The number of nitrogens with zero attached hydrogens (tertiary/aromatic N) is 2. The Morgan fingerprint density at radius 3 is 2.48 bits per heavy atom. The number of rotatable bonds is 8. The van der Waals surface area contributed by atoms with Gasteiger partial charge in [0.25, 0.3) is 6.43 Å². The molecule has 136 valence electrons. The molecule has 1 aromatic carbocycles. The van der Waals surface area contributed by atoms with Crippen molar-refractivity contribution in [1.82, 2.24) is 14.5 Å². The van der Waals surface area contributed by atoms with Crippen LogP contribution >= 0.6 is 0 Å². The van der Waals surface area contributed by atoms with E-state index in [-0.39, 0.29) is 10.5 Å². The number of carbonyl (C=O) groups is 1. The number of Topliss-reactive ketones (excluding diaryl/α,β-unsaturated/α-hetero) is 1. The molecule has 0 saturated heterocycles. The van der Waals surface area contributed by atoms with Crippen molar-refractivity contribution < 1.29 is 27.1 Å². The number of ketones is 1. The number of halogens is 2. The Bertz CT molecular complexity index is 808. The smallest absolute Gasteiger partial charge is 0.265 e. The highest BCUT2D eigenvalue weighted by Gasteiger charge is 2.31. The van der Waals surface area contributed by atoms with Gasteiger partial charge >= 0.3 is 0 Å². The first-order valence-electron chi connectivity index (χ1n) is 7.27. The zero-order valence-electron chi connectivity index (χ0n) is 13.3. The lowest BCUT2D eigenvalue weighted by molar-refractivity contribution is -0.0124. The van der Waals surface area contributed by atoms with E-state index in [1.165, 1.54) is 24.5 Å². The van der Waals surface area contributed by atoms with Gasteiger partial charge in [0.15, 0.2) is 5.78 Å². The summed E-state index contributed by atoms with van der Waals surface area (Å²) in [5, 5.41) is 15.4. The Labute approximate surface area is 143 Å². The molecule has 0 spiro atoms. The molecule has 0 saturated carbocycles. The Kier molecular flexibility index (Phi) is 5.98. The van der Waals surface area contributed by atoms with Crippen molar-refractivity contribution in [3.8, 4) is 0 Å². The minimum Gasteiger partial charge on any atom is -0.386 e. The molecule has 25 heavy (non-hydrogen) atoms. The maximum atomic E-state index is 12.7. The zero-order chi connectivity index (χ0) is 18.6. The third kappa shape index (κ3) is 4.68. The summed E-state index contributed by atoms with van der Waals surface area (Å²) in [5.74, 6) is -0.633. The van der Waals surface area contributed by atoms with E-state index in [1.807, 2.05) is 0 Å². The van der Waals surface area contributed by atoms with Gasteiger partial charge in [-0.15, -0.1) is 0 Å². The standard InChI is InChI=1S/C15H17F2N3O4S/c1-10-2-4-12(5-3-10)25(23,24)20(9-14(22)15(16)17)8-13(21)11-6-18-19-7-11/h2-7,14-15,22H,8-9H2,1H3,(H,18,19). The number of aryl methyl sites for hydroxylation is 1. The molecule has 0 aliphatic rings. The minimum absolute atomic E-state index is 0.107. The van der Waals surface area contributed by atoms with E-state index in [2.05, 4.69) is 10.2 Å². The predicted octanol–water partition coefficient (Wildman–Crippen LogP) is 1.22. The summed E-state index contributed by atoms with van der Waals surface area (Å²) in [7, 11) is -4.24. The highest BCUT2D eigenvalue weighted by atomic mass is 32.2. The summed E-state index contributed by atoms with van der Waals surface area (Å²) >= 11 is 0. The summed E-state index contributed by atoms with van der Waals surface area (Å²) in [6, 6.07) is 5.72. The molecule has 1 unspecified atom stereocenters. The van der Waals surface area contributed by atoms with E-state index < -0.39 is 41.4 Å². The summed E-state index contributed by atoms with van der Waals surface area (Å²) in [5.41, 5.74) is 0.920. The molecule has 0 aliphatic carbocycles. The van der Waals surface area contributed by atoms with Gasteiger partial charge in [-0.05, 0) is 19.1 Å². The number of benzene rings is 1. The molecule has 2 aromatic rings. The first-order chi connectivity index (χ1) is 11.7. The number of aliphatic hydroxyl groups excluding tert-OH is 1. The number of hydrogen-bond acceptors (Lipinski definition) is 5. The highest BCUT2D eigenvalue weighted by Crippen LogP contribution is 2.18. The van der Waals surface area contributed by atoms with Crippen LogP contribution in [0.15, 0.2) is 41.6 Å². The normalized spacial score (nSPS) is 13.4. The molecule has 1 atom stereocenters. The number of carbonyl (C=O) groups excluding carboxylic acids is 1. The Morgan fingerprint density at radius 1 is 1.32 bits per heavy atom. The van der Waals surface area contributed by atoms with Crippen LogP contribution in [-0.2, 0) is 10.0 Å². The fourth-order valence-electron chi connectivity index (χ4n) is 2.05. The number of nitrogens with one attached hydrogen (secondary N) is 1. The summed E-state index contributed by atoms with van der Waals surface area (Å²) in [4.78, 5) is 12.0. The summed E-state index contributed by atoms with van der Waals surface area (Å²) < 4.78 is 51.3. The molecule has 2 rings (SSSR count). The van der Waals surface area contributed by atoms with Gasteiger partial charge in [0.2, 0.25) is 10.0 Å². The molecular formula is C15H17F2N3O4S. The molecule has 2 N–H and O–H groups in total. The molecule has 7 nitrogen and oxygen atoms in total. The maximum Gasteiger partial charge on any atom is 0.265 e. The fraction of sp³-hybridized carbons (Fsp3) is 0.333. The predicted molar refractivity (Wildman–Crippen MR) is 84.9 cm³/mol. The van der Waals surface area contributed by atoms with Crippen LogP contribution in [0.5, 0.6) is 0 Å². The van der Waals surface area contributed by atoms with Crippen molar-refractivity contribution in [1.29, 1.82) is 0 Å². The summed E-state index contributed by atoms with van der Waals surface area (Å²) in [6.45, 7) is 0.161. The van der Waals surface area contributed by atoms with E-state index in [4.69, 9.17) is 0 Å². The molecular weight excluding hydrogens is 356 g/mol. The van der Waals surface area contributed by atoms with E-state index >= 15 is 0 Å². The molecule has 0 radical (unpaired) electrons. The van der Waals surface area contributed by atoms with Crippen molar-refractivity contribution in [2.24, 2.45) is 0 Å². The third-order valence-corrected chi connectivity index (χ3v) is 5.31. The van der Waals surface area contributed by atoms with E-state index in [0.717, 1.165) is 5.56 Å². The van der Waals surface area contributed by atoms with Gasteiger partial charge < -0.3 is 5.11 Å². The van der Waals surface area contributed by atoms with Crippen molar-refractivity contribution in [2.45, 2.75) is 24.3 Å². The van der Waals surface area contributed by atoms with Gasteiger partial charge in [-0.2, -0.15) is 9.40 Å². The Balaban J connectivity index is 2.32. The highest BCUT2D eigenvalue weighted by molar-refractivity contribution is 7.89. The lowest BCUT2D eigenvalue weighted by Crippen LogP contribution is -2.42. The molecule has 0 amide bonds. The van der Waals surface area contributed by atoms with Crippen LogP contribution in [-0.4, -0.2) is 59.4 Å². The zero-order valence-corrected chi connectivity index (χ0v) is 14.1. The average Bonchev–Trinajstić information content (AvgIpc) is 3.08. The van der Waals surface area contributed by atoms with Crippen LogP contribution in [0, 0.1) is 6.92 Å². The van der Waals surface area contributed by atoms with Gasteiger partial charge in [-0.1, -0.05) is 17.7 Å². The van der Waals surface area contributed by atoms with Crippen LogP contribution in [0.25, 0.3) is 0 Å². The van der Waals surface area contributed by atoms with Crippen LogP contribution in [0.2, 0.25) is 0 Å². The molecule has 1 heterocycles. The lowest BCUT2D eigenvalue weighted by Gasteiger charge is -2.23. The molecule has 10 heteroatoms. The number of hydrogen-bond donors (Lipinski definition) is 2. The van der Waals surface area contributed by atoms with Crippen molar-refractivity contribution in [2.75, 3.05) is 13.1 Å². The van der Waals surface area contributed by atoms with Gasteiger partial charge in [-0.25, -0.2) is 17.2 Å².